The minimum Gasteiger partial charge on any atom is -0.346 e. The van der Waals surface area contributed by atoms with Crippen molar-refractivity contribution < 1.29 is 0 Å². The van der Waals surface area contributed by atoms with Crippen molar-refractivity contribution in [1.29, 1.82) is 0 Å². The molecule has 0 spiro atoms. The molecule has 106 valence electrons. The number of nitrogens with one attached hydrogen (secondary N) is 1. The average Bonchev–Trinajstić information content (AvgIpc) is 2.89. The van der Waals surface area contributed by atoms with Gasteiger partial charge in [-0.15, -0.1) is 0 Å². The number of hydrogen-bond acceptors (Lipinski definition) is 3. The molecule has 1 atom stereocenters. The fraction of sp³-hybridized carbons (Fsp3) is 0.500. The predicted octanol–water partition coefficient (Wildman–Crippen LogP) is 2.70. The molecule has 4 heteroatoms. The second kappa shape index (κ2) is 6.18. The summed E-state index contributed by atoms with van der Waals surface area (Å²) in [5.41, 5.74) is 2.96. The number of nitrogens with zero attached hydrogens (tertiary/aromatic N) is 3. The molecule has 1 aliphatic rings. The van der Waals surface area contributed by atoms with Crippen LogP contribution in [-0.2, 0) is 13.0 Å². The highest BCUT2D eigenvalue weighted by atomic mass is 15.0. The molecule has 0 radical (unpaired) electrons. The fourth-order valence-electron chi connectivity index (χ4n) is 2.95. The van der Waals surface area contributed by atoms with E-state index in [1.54, 1.807) is 12.4 Å². The van der Waals surface area contributed by atoms with Crippen molar-refractivity contribution in [2.45, 2.75) is 45.2 Å². The third-order valence-corrected chi connectivity index (χ3v) is 3.90. The van der Waals surface area contributed by atoms with Crippen molar-refractivity contribution in [3.05, 3.63) is 47.8 Å². The van der Waals surface area contributed by atoms with Crippen LogP contribution in [0, 0.1) is 0 Å². The van der Waals surface area contributed by atoms with Crippen LogP contribution in [0.2, 0.25) is 0 Å². The van der Waals surface area contributed by atoms with Crippen LogP contribution in [0.3, 0.4) is 0 Å². The molecular formula is C16H22N4. The van der Waals surface area contributed by atoms with Crippen LogP contribution in [0.4, 0.5) is 0 Å². The summed E-state index contributed by atoms with van der Waals surface area (Å²) < 4.78 is 2.23. The summed E-state index contributed by atoms with van der Waals surface area (Å²) in [7, 11) is 0. The predicted molar refractivity (Wildman–Crippen MR) is 79.5 cm³/mol. The molecule has 20 heavy (non-hydrogen) atoms. The maximum absolute atomic E-state index is 4.30. The molecule has 0 bridgehead atoms. The highest BCUT2D eigenvalue weighted by Crippen LogP contribution is 2.30. The van der Waals surface area contributed by atoms with Gasteiger partial charge >= 0.3 is 0 Å². The molecule has 0 saturated heterocycles. The van der Waals surface area contributed by atoms with E-state index in [1.807, 2.05) is 6.07 Å². The van der Waals surface area contributed by atoms with Gasteiger partial charge < -0.3 is 9.88 Å². The zero-order valence-corrected chi connectivity index (χ0v) is 12.0. The number of aryl methyl sites for hydroxylation is 1. The summed E-state index contributed by atoms with van der Waals surface area (Å²) in [6.45, 7) is 4.07. The standard InChI is InChI=1S/C16H22N4/c1-2-7-17-15-6-3-5-13-10-20(11-14(13)15)12-16-18-8-4-9-19-16/h4,8-11,15,17H,2-3,5-7,12H2,1H3. The summed E-state index contributed by atoms with van der Waals surface area (Å²) in [5.74, 6) is 0.873. The smallest absolute Gasteiger partial charge is 0.147 e. The summed E-state index contributed by atoms with van der Waals surface area (Å²) in [4.78, 5) is 8.60. The van der Waals surface area contributed by atoms with Crippen LogP contribution in [0.1, 0.15) is 49.2 Å². The van der Waals surface area contributed by atoms with Crippen LogP contribution in [0.15, 0.2) is 30.9 Å². The molecule has 1 unspecified atom stereocenters. The summed E-state index contributed by atoms with van der Waals surface area (Å²) in [6.07, 6.45) is 13.1. The Kier molecular flexibility index (Phi) is 4.11. The largest absolute Gasteiger partial charge is 0.346 e. The molecule has 0 amide bonds. The lowest BCUT2D eigenvalue weighted by Crippen LogP contribution is -2.24. The van der Waals surface area contributed by atoms with Crippen molar-refractivity contribution in [2.75, 3.05) is 6.54 Å². The van der Waals surface area contributed by atoms with Gasteiger partial charge in [-0.25, -0.2) is 9.97 Å². The van der Waals surface area contributed by atoms with Gasteiger partial charge in [0.05, 0.1) is 6.54 Å². The van der Waals surface area contributed by atoms with Crippen molar-refractivity contribution in [3.63, 3.8) is 0 Å². The van der Waals surface area contributed by atoms with Crippen molar-refractivity contribution in [2.24, 2.45) is 0 Å². The quantitative estimate of drug-likeness (QED) is 0.908. The van der Waals surface area contributed by atoms with E-state index in [1.165, 1.54) is 36.8 Å². The van der Waals surface area contributed by atoms with Crippen LogP contribution in [-0.4, -0.2) is 21.1 Å². The minimum absolute atomic E-state index is 0.525. The maximum Gasteiger partial charge on any atom is 0.147 e. The fourth-order valence-corrected chi connectivity index (χ4v) is 2.95. The van der Waals surface area contributed by atoms with Crippen LogP contribution >= 0.6 is 0 Å². The maximum atomic E-state index is 4.30. The second-order valence-electron chi connectivity index (χ2n) is 5.48. The van der Waals surface area contributed by atoms with E-state index in [2.05, 4.69) is 39.2 Å². The van der Waals surface area contributed by atoms with E-state index in [-0.39, 0.29) is 0 Å². The molecule has 1 aliphatic carbocycles. The van der Waals surface area contributed by atoms with Gasteiger partial charge in [0.15, 0.2) is 0 Å². The molecule has 2 aromatic rings. The molecule has 0 aromatic carbocycles. The van der Waals surface area contributed by atoms with E-state index in [9.17, 15) is 0 Å². The van der Waals surface area contributed by atoms with E-state index < -0.39 is 0 Å². The van der Waals surface area contributed by atoms with Gasteiger partial charge in [0.25, 0.3) is 0 Å². The third-order valence-electron chi connectivity index (χ3n) is 3.90. The average molecular weight is 270 g/mol. The first-order valence-corrected chi connectivity index (χ1v) is 7.54. The van der Waals surface area contributed by atoms with E-state index >= 15 is 0 Å². The Bertz CT molecular complexity index is 547. The molecule has 2 aromatic heterocycles. The second-order valence-corrected chi connectivity index (χ2v) is 5.48. The highest BCUT2D eigenvalue weighted by Gasteiger charge is 2.21. The van der Waals surface area contributed by atoms with Gasteiger partial charge in [-0.05, 0) is 49.4 Å². The first-order valence-electron chi connectivity index (χ1n) is 7.54. The molecular weight excluding hydrogens is 248 g/mol. The monoisotopic (exact) mass is 270 g/mol. The Hall–Kier alpha value is -1.68. The third kappa shape index (κ3) is 2.90. The molecule has 1 N–H and O–H groups in total. The molecule has 2 heterocycles. The Labute approximate surface area is 120 Å². The molecule has 0 aliphatic heterocycles. The molecule has 4 nitrogen and oxygen atoms in total. The van der Waals surface area contributed by atoms with Crippen molar-refractivity contribution >= 4 is 0 Å². The van der Waals surface area contributed by atoms with Crippen molar-refractivity contribution in [3.8, 4) is 0 Å². The molecule has 3 rings (SSSR count). The van der Waals surface area contributed by atoms with Gasteiger partial charge in [0.2, 0.25) is 0 Å². The normalized spacial score (nSPS) is 17.9. The highest BCUT2D eigenvalue weighted by molar-refractivity contribution is 5.30. The van der Waals surface area contributed by atoms with Crippen LogP contribution < -0.4 is 5.32 Å². The Morgan fingerprint density at radius 1 is 1.30 bits per heavy atom. The number of rotatable bonds is 5. The summed E-state index contributed by atoms with van der Waals surface area (Å²) >= 11 is 0. The van der Waals surface area contributed by atoms with Gasteiger partial charge in [-0.1, -0.05) is 6.92 Å². The SMILES string of the molecule is CCCNC1CCCc2cn(Cc3ncccn3)cc21. The Morgan fingerprint density at radius 3 is 2.95 bits per heavy atom. The first kappa shape index (κ1) is 13.3. The van der Waals surface area contributed by atoms with Crippen molar-refractivity contribution in [1.82, 2.24) is 19.9 Å². The summed E-state index contributed by atoms with van der Waals surface area (Å²) in [5, 5.41) is 3.66. The topological polar surface area (TPSA) is 42.7 Å². The van der Waals surface area contributed by atoms with Gasteiger partial charge in [0.1, 0.15) is 5.82 Å². The van der Waals surface area contributed by atoms with Gasteiger partial charge in [-0.3, -0.25) is 0 Å². The zero-order chi connectivity index (χ0) is 13.8. The lowest BCUT2D eigenvalue weighted by atomic mass is 9.91. The number of hydrogen-bond donors (Lipinski definition) is 1. The van der Waals surface area contributed by atoms with Crippen LogP contribution in [0.25, 0.3) is 0 Å². The Morgan fingerprint density at radius 2 is 2.15 bits per heavy atom. The number of fused-ring (bicyclic) bond motifs is 1. The van der Waals surface area contributed by atoms with E-state index in [4.69, 9.17) is 0 Å². The lowest BCUT2D eigenvalue weighted by Gasteiger charge is -2.23. The molecule has 0 fully saturated rings. The van der Waals surface area contributed by atoms with E-state index in [0.29, 0.717) is 6.04 Å². The summed E-state index contributed by atoms with van der Waals surface area (Å²) in [6, 6.07) is 2.38. The Balaban J connectivity index is 1.77. The zero-order valence-electron chi connectivity index (χ0n) is 12.0. The molecule has 0 saturated carbocycles. The minimum atomic E-state index is 0.525. The van der Waals surface area contributed by atoms with Crippen LogP contribution in [0.5, 0.6) is 0 Å². The first-order chi connectivity index (χ1) is 9.86. The van der Waals surface area contributed by atoms with E-state index in [0.717, 1.165) is 18.9 Å². The van der Waals surface area contributed by atoms with Gasteiger partial charge in [0, 0.05) is 30.8 Å². The number of aromatic nitrogens is 3. The lowest BCUT2D eigenvalue weighted by molar-refractivity contribution is 0.462. The van der Waals surface area contributed by atoms with Gasteiger partial charge in [-0.2, -0.15) is 0 Å².